The molecule has 6 aromatic carbocycles. The fourth-order valence-electron chi connectivity index (χ4n) is 8.50. The first-order valence-electron chi connectivity index (χ1n) is 17.5. The molecule has 50 heavy (non-hydrogen) atoms. The van der Waals surface area contributed by atoms with Crippen LogP contribution in [-0.4, -0.2) is 14.5 Å². The highest BCUT2D eigenvalue weighted by atomic mass is 32.1. The van der Waals surface area contributed by atoms with Gasteiger partial charge in [-0.1, -0.05) is 121 Å². The molecule has 0 bridgehead atoms. The third-order valence-corrected chi connectivity index (χ3v) is 11.9. The van der Waals surface area contributed by atoms with E-state index in [4.69, 9.17) is 9.97 Å². The van der Waals surface area contributed by atoms with Crippen molar-refractivity contribution in [2.24, 2.45) is 0 Å². The molecule has 0 saturated heterocycles. The predicted octanol–water partition coefficient (Wildman–Crippen LogP) is 10.4. The van der Waals surface area contributed by atoms with E-state index in [9.17, 15) is 0 Å². The van der Waals surface area contributed by atoms with Crippen LogP contribution in [0.15, 0.2) is 127 Å². The second kappa shape index (κ2) is 10.8. The molecule has 4 heteroatoms. The number of hydrogen-bond acceptors (Lipinski definition) is 3. The molecule has 0 radical (unpaired) electrons. The minimum Gasteiger partial charge on any atom is -0.282 e. The third kappa shape index (κ3) is 4.09. The van der Waals surface area contributed by atoms with E-state index in [-0.39, 0.29) is 0 Å². The van der Waals surface area contributed by atoms with Crippen LogP contribution in [0.25, 0.3) is 93.5 Å². The Morgan fingerprint density at radius 1 is 0.600 bits per heavy atom. The number of hydrogen-bond donors (Lipinski definition) is 0. The lowest BCUT2D eigenvalue weighted by Crippen LogP contribution is -2.35. The summed E-state index contributed by atoms with van der Waals surface area (Å²) in [6.45, 7) is 0. The molecule has 2 aliphatic rings. The fourth-order valence-corrected chi connectivity index (χ4v) is 9.76. The van der Waals surface area contributed by atoms with Gasteiger partial charge in [-0.25, -0.2) is 9.97 Å². The Hall–Kier alpha value is -5.84. The highest BCUT2D eigenvalue weighted by molar-refractivity contribution is 7.26. The minimum atomic E-state index is 0.756. The van der Waals surface area contributed by atoms with Gasteiger partial charge in [0, 0.05) is 47.6 Å². The standard InChI is InChI=1S/C46H31N3S/c1-2-13-30(14-3-1)44-35-17-8-9-20-38(35)47-46(48-44)49-39-24-22-31(27-37(39)42-32-15-6-4-11-28(32)21-25-40(42)49)34-18-10-19-36-43-33-16-7-5-12-29(33)23-26-41(43)50-45(34)36/h1-7,10-20,22-24,26-27H,8-9,21,25H2. The zero-order valence-corrected chi connectivity index (χ0v) is 28.2. The first-order valence-corrected chi connectivity index (χ1v) is 18.3. The van der Waals surface area contributed by atoms with Crippen molar-refractivity contribution in [2.45, 2.75) is 25.7 Å². The van der Waals surface area contributed by atoms with Crippen molar-refractivity contribution in [3.05, 3.63) is 149 Å². The van der Waals surface area contributed by atoms with Crippen molar-refractivity contribution < 1.29 is 0 Å². The summed E-state index contributed by atoms with van der Waals surface area (Å²) in [6.07, 6.45) is 8.54. The molecule has 9 aromatic rings. The van der Waals surface area contributed by atoms with Gasteiger partial charge in [-0.05, 0) is 76.9 Å². The molecule has 0 spiro atoms. The molecule has 0 fully saturated rings. The van der Waals surface area contributed by atoms with Gasteiger partial charge in [0.25, 0.3) is 0 Å². The zero-order chi connectivity index (χ0) is 32.8. The molecule has 2 aliphatic carbocycles. The van der Waals surface area contributed by atoms with Crippen LogP contribution in [0.4, 0.5) is 0 Å². The van der Waals surface area contributed by atoms with Gasteiger partial charge in [-0.15, -0.1) is 11.3 Å². The van der Waals surface area contributed by atoms with Crippen molar-refractivity contribution in [2.75, 3.05) is 0 Å². The Morgan fingerprint density at radius 3 is 2.38 bits per heavy atom. The van der Waals surface area contributed by atoms with Crippen LogP contribution >= 0.6 is 11.3 Å². The lowest BCUT2D eigenvalue weighted by molar-refractivity contribution is 0.825. The van der Waals surface area contributed by atoms with E-state index in [1.165, 1.54) is 69.8 Å². The number of thiophene rings is 1. The number of rotatable bonds is 3. The van der Waals surface area contributed by atoms with Crippen molar-refractivity contribution >= 4 is 65.3 Å². The van der Waals surface area contributed by atoms with Gasteiger partial charge in [-0.3, -0.25) is 4.57 Å². The van der Waals surface area contributed by atoms with Crippen LogP contribution in [0.5, 0.6) is 0 Å². The predicted molar refractivity (Wildman–Crippen MR) is 210 cm³/mol. The number of fused-ring (bicyclic) bond motifs is 11. The summed E-state index contributed by atoms with van der Waals surface area (Å²) in [6, 6.07) is 46.7. The smallest absolute Gasteiger partial charge is 0.235 e. The van der Waals surface area contributed by atoms with Gasteiger partial charge in [0.2, 0.25) is 5.95 Å². The van der Waals surface area contributed by atoms with Crippen LogP contribution in [0, 0.1) is 0 Å². The molecule has 3 nitrogen and oxygen atoms in total. The molecular formula is C46H31N3S. The highest BCUT2D eigenvalue weighted by Gasteiger charge is 2.27. The summed E-state index contributed by atoms with van der Waals surface area (Å²) in [5.74, 6) is 0.756. The van der Waals surface area contributed by atoms with Crippen molar-refractivity contribution in [3.8, 4) is 39.5 Å². The van der Waals surface area contributed by atoms with Crippen LogP contribution in [0.2, 0.25) is 0 Å². The van der Waals surface area contributed by atoms with Crippen molar-refractivity contribution in [1.29, 1.82) is 0 Å². The van der Waals surface area contributed by atoms with E-state index in [1.54, 1.807) is 0 Å². The molecule has 3 aromatic heterocycles. The first kappa shape index (κ1) is 28.0. The average molecular weight is 658 g/mol. The molecule has 0 amide bonds. The van der Waals surface area contributed by atoms with Crippen LogP contribution in [0.3, 0.4) is 0 Å². The molecular weight excluding hydrogens is 627 g/mol. The number of aromatic nitrogens is 3. The lowest BCUT2D eigenvalue weighted by Gasteiger charge is -2.19. The van der Waals surface area contributed by atoms with Gasteiger partial charge < -0.3 is 0 Å². The van der Waals surface area contributed by atoms with Gasteiger partial charge in [0.1, 0.15) is 0 Å². The Bertz CT molecular complexity index is 2980. The second-order valence-electron chi connectivity index (χ2n) is 13.5. The minimum absolute atomic E-state index is 0.756. The van der Waals surface area contributed by atoms with Gasteiger partial charge in [-0.2, -0.15) is 0 Å². The maximum atomic E-state index is 5.39. The van der Waals surface area contributed by atoms with Gasteiger partial charge in [0.05, 0.1) is 16.6 Å². The summed E-state index contributed by atoms with van der Waals surface area (Å²) < 4.78 is 5.04. The molecule has 0 N–H and O–H groups in total. The SMILES string of the molecule is C1=c2nc(-n3c4c(c5cc(-c6cccc7c6sc6ccc8ccccc8c67)ccc53)-c3ccccc3CC4)nc(-c3ccccc3)c2=CCC1. The van der Waals surface area contributed by atoms with Gasteiger partial charge >= 0.3 is 0 Å². The summed E-state index contributed by atoms with van der Waals surface area (Å²) in [7, 11) is 0. The zero-order valence-electron chi connectivity index (χ0n) is 27.4. The maximum absolute atomic E-state index is 5.39. The largest absolute Gasteiger partial charge is 0.282 e. The van der Waals surface area contributed by atoms with Crippen molar-refractivity contribution in [1.82, 2.24) is 14.5 Å². The molecule has 0 aliphatic heterocycles. The topological polar surface area (TPSA) is 30.7 Å². The summed E-state index contributed by atoms with van der Waals surface area (Å²) >= 11 is 1.90. The fraction of sp³-hybridized carbons (Fsp3) is 0.0870. The Kier molecular flexibility index (Phi) is 6.07. The average Bonchev–Trinajstić information content (AvgIpc) is 3.74. The van der Waals surface area contributed by atoms with E-state index in [1.807, 2.05) is 11.3 Å². The number of benzene rings is 6. The van der Waals surface area contributed by atoms with Gasteiger partial charge in [0.15, 0.2) is 0 Å². The Morgan fingerprint density at radius 2 is 1.42 bits per heavy atom. The number of nitrogens with zero attached hydrogens (tertiary/aromatic N) is 3. The Balaban J connectivity index is 1.19. The van der Waals surface area contributed by atoms with Crippen LogP contribution < -0.4 is 10.6 Å². The van der Waals surface area contributed by atoms with E-state index >= 15 is 0 Å². The molecule has 0 saturated carbocycles. The lowest BCUT2D eigenvalue weighted by atomic mass is 9.87. The molecule has 3 heterocycles. The van der Waals surface area contributed by atoms with E-state index < -0.39 is 0 Å². The van der Waals surface area contributed by atoms with Crippen molar-refractivity contribution in [3.63, 3.8) is 0 Å². The normalized spacial score (nSPS) is 13.6. The Labute approximate surface area is 293 Å². The highest BCUT2D eigenvalue weighted by Crippen LogP contribution is 2.46. The van der Waals surface area contributed by atoms with E-state index in [2.05, 4.69) is 144 Å². The quantitative estimate of drug-likeness (QED) is 0.189. The second-order valence-corrected chi connectivity index (χ2v) is 14.6. The third-order valence-electron chi connectivity index (χ3n) is 10.7. The molecule has 11 rings (SSSR count). The monoisotopic (exact) mass is 657 g/mol. The van der Waals surface area contributed by atoms with Crippen LogP contribution in [0.1, 0.15) is 24.1 Å². The molecule has 0 unspecified atom stereocenters. The molecule has 0 atom stereocenters. The number of aryl methyl sites for hydroxylation is 1. The first-order chi connectivity index (χ1) is 24.8. The van der Waals surface area contributed by atoms with Crippen LogP contribution in [-0.2, 0) is 12.8 Å². The summed E-state index contributed by atoms with van der Waals surface area (Å²) in [4.78, 5) is 10.7. The summed E-state index contributed by atoms with van der Waals surface area (Å²) in [5.41, 5.74) is 11.1. The van der Waals surface area contributed by atoms with E-state index in [0.717, 1.165) is 59.0 Å². The summed E-state index contributed by atoms with van der Waals surface area (Å²) in [5, 5.41) is 8.73. The molecule has 236 valence electrons. The van der Waals surface area contributed by atoms with E-state index in [0.29, 0.717) is 0 Å². The maximum Gasteiger partial charge on any atom is 0.235 e.